The van der Waals surface area contributed by atoms with E-state index in [9.17, 15) is 22.8 Å². The first-order valence-electron chi connectivity index (χ1n) is 5.19. The van der Waals surface area contributed by atoms with E-state index >= 15 is 0 Å². The van der Waals surface area contributed by atoms with Gasteiger partial charge in [0.25, 0.3) is 5.56 Å². The molecule has 0 atom stereocenters. The number of halogens is 3. The minimum Gasteiger partial charge on any atom is -0.477 e. The van der Waals surface area contributed by atoms with E-state index in [1.54, 1.807) is 6.92 Å². The molecule has 2 rings (SSSR count). The second-order valence-electron chi connectivity index (χ2n) is 3.71. The number of nitrogens with zero attached hydrogens (tertiary/aromatic N) is 3. The summed E-state index contributed by atoms with van der Waals surface area (Å²) in [6.07, 6.45) is -4.70. The van der Waals surface area contributed by atoms with Gasteiger partial charge in [-0.25, -0.2) is 4.79 Å². The van der Waals surface area contributed by atoms with Crippen LogP contribution in [0, 0.1) is 0 Å². The van der Waals surface area contributed by atoms with Crippen molar-refractivity contribution in [3.63, 3.8) is 0 Å². The van der Waals surface area contributed by atoms with Crippen molar-refractivity contribution in [3.05, 3.63) is 33.9 Å². The highest BCUT2D eigenvalue weighted by Gasteiger charge is 2.35. The summed E-state index contributed by atoms with van der Waals surface area (Å²) in [5.74, 6) is -1.39. The maximum absolute atomic E-state index is 12.5. The molecule has 0 saturated carbocycles. The van der Waals surface area contributed by atoms with Crippen molar-refractivity contribution in [2.75, 3.05) is 0 Å². The normalized spacial score (nSPS) is 12.0. The van der Waals surface area contributed by atoms with Crippen LogP contribution >= 0.6 is 0 Å². The summed E-state index contributed by atoms with van der Waals surface area (Å²) >= 11 is 0. The van der Waals surface area contributed by atoms with E-state index < -0.39 is 23.4 Å². The fourth-order valence-electron chi connectivity index (χ4n) is 1.75. The lowest BCUT2D eigenvalue weighted by Gasteiger charge is -2.09. The van der Waals surface area contributed by atoms with Gasteiger partial charge in [-0.2, -0.15) is 22.8 Å². The lowest BCUT2D eigenvalue weighted by atomic mass is 10.3. The van der Waals surface area contributed by atoms with Gasteiger partial charge in [0, 0.05) is 18.7 Å². The summed E-state index contributed by atoms with van der Waals surface area (Å²) in [6.45, 7) is 1.64. The van der Waals surface area contributed by atoms with Gasteiger partial charge in [0.15, 0.2) is 5.69 Å². The van der Waals surface area contributed by atoms with Crippen molar-refractivity contribution < 1.29 is 23.1 Å². The van der Waals surface area contributed by atoms with Gasteiger partial charge in [0.05, 0.1) is 0 Å². The van der Waals surface area contributed by atoms with Gasteiger partial charge in [-0.15, -0.1) is 0 Å². The monoisotopic (exact) mass is 275 g/mol. The molecule has 0 aliphatic carbocycles. The summed E-state index contributed by atoms with van der Waals surface area (Å²) in [7, 11) is 0. The van der Waals surface area contributed by atoms with Crippen LogP contribution in [0.3, 0.4) is 0 Å². The van der Waals surface area contributed by atoms with Crippen molar-refractivity contribution in [2.45, 2.75) is 19.6 Å². The SMILES string of the molecule is CCn1c(C(=O)O)cc(=O)n2nc(C(F)(F)F)cc12. The first kappa shape index (κ1) is 13.1. The average molecular weight is 275 g/mol. The van der Waals surface area contributed by atoms with Gasteiger partial charge >= 0.3 is 12.1 Å². The highest BCUT2D eigenvalue weighted by molar-refractivity contribution is 5.86. The van der Waals surface area contributed by atoms with Crippen LogP contribution in [0.1, 0.15) is 23.1 Å². The molecule has 0 saturated heterocycles. The van der Waals surface area contributed by atoms with Crippen LogP contribution in [0.2, 0.25) is 0 Å². The number of carboxylic acid groups (broad SMARTS) is 1. The zero-order valence-electron chi connectivity index (χ0n) is 9.60. The van der Waals surface area contributed by atoms with E-state index in [0.717, 1.165) is 10.6 Å². The van der Waals surface area contributed by atoms with E-state index in [0.29, 0.717) is 10.6 Å². The zero-order valence-corrected chi connectivity index (χ0v) is 9.60. The molecule has 0 spiro atoms. The third-order valence-corrected chi connectivity index (χ3v) is 2.55. The number of aromatic carboxylic acids is 1. The maximum Gasteiger partial charge on any atom is 0.435 e. The Labute approximate surface area is 103 Å². The van der Waals surface area contributed by atoms with E-state index in [2.05, 4.69) is 5.10 Å². The Hall–Kier alpha value is -2.32. The minimum atomic E-state index is -4.70. The average Bonchev–Trinajstić information content (AvgIpc) is 2.73. The van der Waals surface area contributed by atoms with Crippen LogP contribution in [0.4, 0.5) is 13.2 Å². The highest BCUT2D eigenvalue weighted by atomic mass is 19.4. The molecule has 0 unspecified atom stereocenters. The van der Waals surface area contributed by atoms with Crippen LogP contribution in [-0.4, -0.2) is 25.3 Å². The number of carbonyl (C=O) groups is 1. The van der Waals surface area contributed by atoms with Crippen LogP contribution in [0.5, 0.6) is 0 Å². The Balaban J connectivity index is 2.88. The molecule has 2 aromatic rings. The molecule has 0 aliphatic rings. The topological polar surface area (TPSA) is 76.6 Å². The number of carboxylic acids is 1. The van der Waals surface area contributed by atoms with Crippen LogP contribution in [0.25, 0.3) is 5.65 Å². The number of fused-ring (bicyclic) bond motifs is 1. The summed E-state index contributed by atoms with van der Waals surface area (Å²) in [5, 5.41) is 12.1. The highest BCUT2D eigenvalue weighted by Crippen LogP contribution is 2.28. The Kier molecular flexibility index (Phi) is 2.84. The molecule has 9 heteroatoms. The Morgan fingerprint density at radius 2 is 2.05 bits per heavy atom. The molecule has 0 aromatic carbocycles. The minimum absolute atomic E-state index is 0.0917. The van der Waals surface area contributed by atoms with Crippen molar-refractivity contribution in [3.8, 4) is 0 Å². The lowest BCUT2D eigenvalue weighted by molar-refractivity contribution is -0.141. The Morgan fingerprint density at radius 3 is 2.53 bits per heavy atom. The lowest BCUT2D eigenvalue weighted by Crippen LogP contribution is -2.23. The third-order valence-electron chi connectivity index (χ3n) is 2.55. The standard InChI is InChI=1S/C10H8F3N3O3/c1-2-15-5(9(18)19)3-8(17)16-7(15)4-6(14-16)10(11,12)13/h3-4H,2H2,1H3,(H,18,19). The number of aromatic nitrogens is 3. The number of rotatable bonds is 2. The molecule has 0 aliphatic heterocycles. The Bertz CT molecular complexity index is 714. The van der Waals surface area contributed by atoms with E-state index in [1.807, 2.05) is 0 Å². The van der Waals surface area contributed by atoms with Crippen LogP contribution in [0.15, 0.2) is 16.9 Å². The van der Waals surface area contributed by atoms with Crippen molar-refractivity contribution in [1.29, 1.82) is 0 Å². The summed E-state index contributed by atoms with van der Waals surface area (Å²) in [6, 6.07) is 1.39. The number of alkyl halides is 3. The first-order chi connectivity index (χ1) is 8.75. The second-order valence-corrected chi connectivity index (χ2v) is 3.71. The molecular formula is C10H8F3N3O3. The van der Waals surface area contributed by atoms with E-state index in [-0.39, 0.29) is 17.9 Å². The van der Waals surface area contributed by atoms with Gasteiger partial charge < -0.3 is 9.67 Å². The molecule has 0 amide bonds. The summed E-state index contributed by atoms with van der Waals surface area (Å²) in [4.78, 5) is 22.5. The predicted molar refractivity (Wildman–Crippen MR) is 57.1 cm³/mol. The van der Waals surface area contributed by atoms with Crippen LogP contribution < -0.4 is 5.56 Å². The fraction of sp³-hybridized carbons (Fsp3) is 0.300. The predicted octanol–water partition coefficient (Wildman–Crippen LogP) is 1.23. The second kappa shape index (κ2) is 4.11. The molecule has 19 heavy (non-hydrogen) atoms. The van der Waals surface area contributed by atoms with Crippen molar-refractivity contribution in [2.24, 2.45) is 0 Å². The van der Waals surface area contributed by atoms with Crippen molar-refractivity contribution in [1.82, 2.24) is 14.2 Å². The van der Waals surface area contributed by atoms with Crippen LogP contribution in [-0.2, 0) is 12.7 Å². The third kappa shape index (κ3) is 2.07. The molecule has 0 bridgehead atoms. The molecule has 2 aromatic heterocycles. The zero-order chi connectivity index (χ0) is 14.4. The molecule has 1 N–H and O–H groups in total. The van der Waals surface area contributed by atoms with Gasteiger partial charge in [-0.3, -0.25) is 4.79 Å². The quantitative estimate of drug-likeness (QED) is 0.894. The van der Waals surface area contributed by atoms with Gasteiger partial charge in [0.2, 0.25) is 0 Å². The summed E-state index contributed by atoms with van der Waals surface area (Å²) in [5.41, 5.74) is -2.75. The largest absolute Gasteiger partial charge is 0.477 e. The van der Waals surface area contributed by atoms with Crippen molar-refractivity contribution >= 4 is 11.6 Å². The molecule has 2 heterocycles. The maximum atomic E-state index is 12.5. The first-order valence-corrected chi connectivity index (χ1v) is 5.19. The smallest absolute Gasteiger partial charge is 0.435 e. The number of aryl methyl sites for hydroxylation is 1. The van der Waals surface area contributed by atoms with E-state index in [4.69, 9.17) is 5.11 Å². The summed E-state index contributed by atoms with van der Waals surface area (Å²) < 4.78 is 39.3. The number of hydrogen-bond acceptors (Lipinski definition) is 3. The Morgan fingerprint density at radius 1 is 1.42 bits per heavy atom. The van der Waals surface area contributed by atoms with Gasteiger partial charge in [-0.05, 0) is 6.92 Å². The molecular weight excluding hydrogens is 267 g/mol. The molecule has 6 nitrogen and oxygen atoms in total. The fourth-order valence-corrected chi connectivity index (χ4v) is 1.75. The molecule has 102 valence electrons. The molecule has 0 fully saturated rings. The molecule has 0 radical (unpaired) electrons. The number of hydrogen-bond donors (Lipinski definition) is 1. The van der Waals surface area contributed by atoms with Gasteiger partial charge in [0.1, 0.15) is 11.3 Å². The van der Waals surface area contributed by atoms with Gasteiger partial charge in [-0.1, -0.05) is 0 Å². The van der Waals surface area contributed by atoms with E-state index in [1.165, 1.54) is 0 Å².